The minimum atomic E-state index is 0.876. The summed E-state index contributed by atoms with van der Waals surface area (Å²) in [6, 6.07) is 7.72. The molecule has 0 aromatic carbocycles. The van der Waals surface area contributed by atoms with Crippen LogP contribution in [0.15, 0.2) is 41.1 Å². The van der Waals surface area contributed by atoms with Gasteiger partial charge in [-0.1, -0.05) is 0 Å². The molecule has 0 N–H and O–H groups in total. The van der Waals surface area contributed by atoms with Crippen molar-refractivity contribution in [1.82, 2.24) is 4.98 Å². The van der Waals surface area contributed by atoms with E-state index in [1.807, 2.05) is 31.2 Å². The molecule has 60 valence electrons. The SMILES string of the molecule is Cc1ncccc1-c1ccco1. The maximum atomic E-state index is 5.26. The Labute approximate surface area is 70.9 Å². The van der Waals surface area contributed by atoms with Gasteiger partial charge in [-0.25, -0.2) is 0 Å². The first-order valence-electron chi connectivity index (χ1n) is 3.83. The number of furan rings is 1. The molecule has 2 rings (SSSR count). The fourth-order valence-corrected chi connectivity index (χ4v) is 1.18. The minimum absolute atomic E-state index is 0.876. The lowest BCUT2D eigenvalue weighted by molar-refractivity contribution is 0.581. The largest absolute Gasteiger partial charge is 0.464 e. The molecule has 2 aromatic rings. The lowest BCUT2D eigenvalue weighted by Crippen LogP contribution is -1.83. The van der Waals surface area contributed by atoms with Crippen LogP contribution in [-0.2, 0) is 0 Å². The van der Waals surface area contributed by atoms with Crippen LogP contribution in [0.1, 0.15) is 5.69 Å². The maximum Gasteiger partial charge on any atom is 0.135 e. The van der Waals surface area contributed by atoms with Crippen molar-refractivity contribution in [2.45, 2.75) is 6.92 Å². The van der Waals surface area contributed by atoms with Gasteiger partial charge in [0.05, 0.1) is 6.26 Å². The molecular weight excluding hydrogens is 150 g/mol. The Hall–Kier alpha value is -1.57. The smallest absolute Gasteiger partial charge is 0.135 e. The van der Waals surface area contributed by atoms with Crippen LogP contribution in [-0.4, -0.2) is 4.98 Å². The van der Waals surface area contributed by atoms with Crippen molar-refractivity contribution in [2.75, 3.05) is 0 Å². The summed E-state index contributed by atoms with van der Waals surface area (Å²) in [6.45, 7) is 1.97. The molecule has 0 aliphatic carbocycles. The van der Waals surface area contributed by atoms with Crippen molar-refractivity contribution in [1.29, 1.82) is 0 Å². The normalized spacial score (nSPS) is 10.1. The number of hydrogen-bond acceptors (Lipinski definition) is 2. The van der Waals surface area contributed by atoms with E-state index in [9.17, 15) is 0 Å². The second-order valence-corrected chi connectivity index (χ2v) is 2.61. The molecule has 0 unspecified atom stereocenters. The van der Waals surface area contributed by atoms with Crippen molar-refractivity contribution < 1.29 is 4.42 Å². The molecule has 12 heavy (non-hydrogen) atoms. The number of hydrogen-bond donors (Lipinski definition) is 0. The molecule has 0 aliphatic heterocycles. The van der Waals surface area contributed by atoms with E-state index in [1.165, 1.54) is 0 Å². The van der Waals surface area contributed by atoms with Crippen LogP contribution in [0, 0.1) is 6.92 Å². The lowest BCUT2D eigenvalue weighted by Gasteiger charge is -1.98. The summed E-state index contributed by atoms with van der Waals surface area (Å²) in [5.41, 5.74) is 2.05. The van der Waals surface area contributed by atoms with Crippen LogP contribution in [0.3, 0.4) is 0 Å². The van der Waals surface area contributed by atoms with Crippen LogP contribution in [0.4, 0.5) is 0 Å². The summed E-state index contributed by atoms with van der Waals surface area (Å²) >= 11 is 0. The van der Waals surface area contributed by atoms with Gasteiger partial charge in [0.25, 0.3) is 0 Å². The molecule has 2 heterocycles. The third kappa shape index (κ3) is 1.11. The molecule has 0 radical (unpaired) electrons. The van der Waals surface area contributed by atoms with Gasteiger partial charge in [0.2, 0.25) is 0 Å². The highest BCUT2D eigenvalue weighted by Gasteiger charge is 2.02. The zero-order valence-corrected chi connectivity index (χ0v) is 6.82. The third-order valence-electron chi connectivity index (χ3n) is 1.79. The van der Waals surface area contributed by atoms with E-state index in [0.29, 0.717) is 0 Å². The number of pyridine rings is 1. The van der Waals surface area contributed by atoms with Crippen LogP contribution in [0.5, 0.6) is 0 Å². The van der Waals surface area contributed by atoms with Crippen molar-refractivity contribution in [3.05, 3.63) is 42.4 Å². The molecule has 0 spiro atoms. The van der Waals surface area contributed by atoms with E-state index in [-0.39, 0.29) is 0 Å². The Morgan fingerprint density at radius 2 is 2.17 bits per heavy atom. The average molecular weight is 159 g/mol. The van der Waals surface area contributed by atoms with Gasteiger partial charge >= 0.3 is 0 Å². The van der Waals surface area contributed by atoms with Crippen LogP contribution >= 0.6 is 0 Å². The summed E-state index contributed by atoms with van der Waals surface area (Å²) in [5.74, 6) is 0.876. The van der Waals surface area contributed by atoms with Crippen molar-refractivity contribution in [2.24, 2.45) is 0 Å². The van der Waals surface area contributed by atoms with Gasteiger partial charge in [-0.15, -0.1) is 0 Å². The summed E-state index contributed by atoms with van der Waals surface area (Å²) in [7, 11) is 0. The number of aromatic nitrogens is 1. The Balaban J connectivity index is 2.55. The predicted octanol–water partition coefficient (Wildman–Crippen LogP) is 2.65. The summed E-state index contributed by atoms with van der Waals surface area (Å²) < 4.78 is 5.26. The summed E-state index contributed by atoms with van der Waals surface area (Å²) in [4.78, 5) is 4.18. The van der Waals surface area contributed by atoms with Gasteiger partial charge in [-0.3, -0.25) is 4.98 Å². The molecule has 0 atom stereocenters. The molecule has 0 saturated carbocycles. The molecule has 0 aliphatic rings. The van der Waals surface area contributed by atoms with Crippen molar-refractivity contribution in [3.63, 3.8) is 0 Å². The molecule has 2 nitrogen and oxygen atoms in total. The van der Waals surface area contributed by atoms with Crippen LogP contribution in [0.2, 0.25) is 0 Å². The van der Waals surface area contributed by atoms with E-state index in [2.05, 4.69) is 4.98 Å². The third-order valence-corrected chi connectivity index (χ3v) is 1.79. The van der Waals surface area contributed by atoms with Gasteiger partial charge < -0.3 is 4.42 Å². The van der Waals surface area contributed by atoms with Crippen LogP contribution < -0.4 is 0 Å². The van der Waals surface area contributed by atoms with E-state index in [1.54, 1.807) is 12.5 Å². The number of nitrogens with zero attached hydrogens (tertiary/aromatic N) is 1. The quantitative estimate of drug-likeness (QED) is 0.639. The highest BCUT2D eigenvalue weighted by molar-refractivity contribution is 5.59. The van der Waals surface area contributed by atoms with Crippen LogP contribution in [0.25, 0.3) is 11.3 Å². The summed E-state index contributed by atoms with van der Waals surface area (Å²) in [6.07, 6.45) is 3.45. The molecular formula is C10H9NO. The molecule has 0 amide bonds. The van der Waals surface area contributed by atoms with Gasteiger partial charge in [-0.05, 0) is 31.2 Å². The maximum absolute atomic E-state index is 5.26. The Morgan fingerprint density at radius 3 is 2.83 bits per heavy atom. The number of rotatable bonds is 1. The average Bonchev–Trinajstić information content (AvgIpc) is 2.57. The molecule has 0 saturated heterocycles. The van der Waals surface area contributed by atoms with Gasteiger partial charge in [0.1, 0.15) is 5.76 Å². The first kappa shape index (κ1) is 7.10. The highest BCUT2D eigenvalue weighted by atomic mass is 16.3. The zero-order chi connectivity index (χ0) is 8.39. The second-order valence-electron chi connectivity index (χ2n) is 2.61. The molecule has 2 aromatic heterocycles. The fraction of sp³-hybridized carbons (Fsp3) is 0.100. The monoisotopic (exact) mass is 159 g/mol. The topological polar surface area (TPSA) is 26.0 Å². The zero-order valence-electron chi connectivity index (χ0n) is 6.82. The van der Waals surface area contributed by atoms with Gasteiger partial charge in [-0.2, -0.15) is 0 Å². The fourth-order valence-electron chi connectivity index (χ4n) is 1.18. The number of aryl methyl sites for hydroxylation is 1. The van der Waals surface area contributed by atoms with Crippen molar-refractivity contribution in [3.8, 4) is 11.3 Å². The first-order valence-corrected chi connectivity index (χ1v) is 3.83. The van der Waals surface area contributed by atoms with Crippen molar-refractivity contribution >= 4 is 0 Å². The predicted molar refractivity (Wildman–Crippen MR) is 46.7 cm³/mol. The van der Waals surface area contributed by atoms with E-state index < -0.39 is 0 Å². The molecule has 0 fully saturated rings. The second kappa shape index (κ2) is 2.81. The van der Waals surface area contributed by atoms with Gasteiger partial charge in [0, 0.05) is 17.5 Å². The molecule has 2 heteroatoms. The highest BCUT2D eigenvalue weighted by Crippen LogP contribution is 2.21. The minimum Gasteiger partial charge on any atom is -0.464 e. The summed E-state index contributed by atoms with van der Waals surface area (Å²) in [5, 5.41) is 0. The standard InChI is InChI=1S/C10H9NO/c1-8-9(4-2-6-11-8)10-5-3-7-12-10/h2-7H,1H3. The molecule has 0 bridgehead atoms. The Bertz CT molecular complexity index is 365. The van der Waals surface area contributed by atoms with E-state index in [0.717, 1.165) is 17.0 Å². The van der Waals surface area contributed by atoms with Gasteiger partial charge in [0.15, 0.2) is 0 Å². The van der Waals surface area contributed by atoms with E-state index in [4.69, 9.17) is 4.42 Å². The lowest BCUT2D eigenvalue weighted by atomic mass is 10.1. The Morgan fingerprint density at radius 1 is 1.25 bits per heavy atom. The Kier molecular flexibility index (Phi) is 1.67. The first-order chi connectivity index (χ1) is 5.88. The van der Waals surface area contributed by atoms with E-state index >= 15 is 0 Å².